The molecule has 0 aliphatic heterocycles. The van der Waals surface area contributed by atoms with Gasteiger partial charge in [0.25, 0.3) is 0 Å². The van der Waals surface area contributed by atoms with Crippen LogP contribution in [-0.2, 0) is 19.2 Å². The molecule has 0 heterocycles. The maximum absolute atomic E-state index is 12.9. The Bertz CT molecular complexity index is 658. The Morgan fingerprint density at radius 2 is 1.31 bits per heavy atom. The van der Waals surface area contributed by atoms with Crippen LogP contribution in [0.4, 0.5) is 0 Å². The normalized spacial score (nSPS) is 15.4. The van der Waals surface area contributed by atoms with Crippen LogP contribution in [0.2, 0.25) is 0 Å². The van der Waals surface area contributed by atoms with Gasteiger partial charge in [0.05, 0.1) is 11.1 Å². The number of rotatable bonds is 18. The first-order valence-electron chi connectivity index (χ1n) is 12.1. The minimum Gasteiger partial charge on any atom is -0.352 e. The molecule has 0 saturated heterocycles. The fourth-order valence-electron chi connectivity index (χ4n) is 3.39. The number of allylic oxidation sites excluding steroid dienone is 1. The summed E-state index contributed by atoms with van der Waals surface area (Å²) < 4.78 is 0. The fraction of sp³-hybridized carbons (Fsp3) is 0.760. The molecule has 3 N–H and O–H groups in total. The SMILES string of the molecule is CCC(=O)/C=C\C(=O)NCCC(=O)C(C)(CC)NCCC(=O)C(C)(CC)NC(CC)CC. The van der Waals surface area contributed by atoms with Crippen molar-refractivity contribution in [1.29, 1.82) is 0 Å². The number of carbonyl (C=O) groups is 4. The van der Waals surface area contributed by atoms with Crippen molar-refractivity contribution in [3.05, 3.63) is 12.2 Å². The number of ketones is 3. The Hall–Kier alpha value is -1.86. The van der Waals surface area contributed by atoms with E-state index in [1.165, 1.54) is 12.2 Å². The van der Waals surface area contributed by atoms with Gasteiger partial charge in [-0.1, -0.05) is 34.6 Å². The summed E-state index contributed by atoms with van der Waals surface area (Å²) in [5, 5.41) is 9.41. The van der Waals surface area contributed by atoms with E-state index in [-0.39, 0.29) is 36.2 Å². The van der Waals surface area contributed by atoms with Crippen molar-refractivity contribution >= 4 is 23.3 Å². The summed E-state index contributed by atoms with van der Waals surface area (Å²) in [6, 6.07) is 0.310. The van der Waals surface area contributed by atoms with E-state index in [9.17, 15) is 19.2 Å². The zero-order valence-corrected chi connectivity index (χ0v) is 21.2. The third kappa shape index (κ3) is 10.2. The van der Waals surface area contributed by atoms with Gasteiger partial charge in [0.1, 0.15) is 0 Å². The number of hydrogen-bond acceptors (Lipinski definition) is 6. The molecule has 32 heavy (non-hydrogen) atoms. The Morgan fingerprint density at radius 1 is 0.781 bits per heavy atom. The van der Waals surface area contributed by atoms with Crippen molar-refractivity contribution in [2.24, 2.45) is 0 Å². The van der Waals surface area contributed by atoms with Crippen LogP contribution < -0.4 is 16.0 Å². The Balaban J connectivity index is 4.71. The van der Waals surface area contributed by atoms with Gasteiger partial charge in [0, 0.05) is 44.5 Å². The van der Waals surface area contributed by atoms with Crippen LogP contribution in [0, 0.1) is 0 Å². The second-order valence-corrected chi connectivity index (χ2v) is 8.75. The third-order valence-corrected chi connectivity index (χ3v) is 6.44. The van der Waals surface area contributed by atoms with Crippen LogP contribution in [0.3, 0.4) is 0 Å². The molecule has 0 aliphatic rings. The van der Waals surface area contributed by atoms with Gasteiger partial charge >= 0.3 is 0 Å². The van der Waals surface area contributed by atoms with Crippen molar-refractivity contribution in [2.75, 3.05) is 13.1 Å². The largest absolute Gasteiger partial charge is 0.352 e. The highest BCUT2D eigenvalue weighted by Crippen LogP contribution is 2.17. The van der Waals surface area contributed by atoms with E-state index in [4.69, 9.17) is 0 Å². The Morgan fingerprint density at radius 3 is 1.81 bits per heavy atom. The van der Waals surface area contributed by atoms with Gasteiger partial charge in [0.2, 0.25) is 5.91 Å². The summed E-state index contributed by atoms with van der Waals surface area (Å²) >= 11 is 0. The van der Waals surface area contributed by atoms with E-state index in [0.717, 1.165) is 12.8 Å². The van der Waals surface area contributed by atoms with Crippen molar-refractivity contribution in [1.82, 2.24) is 16.0 Å². The quantitative estimate of drug-likeness (QED) is 0.276. The average molecular weight is 452 g/mol. The number of carbonyl (C=O) groups excluding carboxylic acids is 4. The molecule has 0 aliphatic carbocycles. The topological polar surface area (TPSA) is 104 Å². The molecule has 7 nitrogen and oxygen atoms in total. The molecule has 0 aromatic rings. The second kappa shape index (κ2) is 15.1. The van der Waals surface area contributed by atoms with Crippen LogP contribution in [-0.4, -0.2) is 53.5 Å². The first-order valence-corrected chi connectivity index (χ1v) is 12.1. The van der Waals surface area contributed by atoms with Crippen LogP contribution in [0.25, 0.3) is 0 Å². The molecule has 0 rings (SSSR count). The molecule has 2 unspecified atom stereocenters. The highest BCUT2D eigenvalue weighted by atomic mass is 16.2. The minimum atomic E-state index is -0.759. The lowest BCUT2D eigenvalue weighted by atomic mass is 9.88. The Kier molecular flexibility index (Phi) is 14.2. The van der Waals surface area contributed by atoms with E-state index < -0.39 is 11.1 Å². The average Bonchev–Trinajstić information content (AvgIpc) is 2.80. The lowest BCUT2D eigenvalue weighted by Crippen LogP contribution is -2.55. The molecule has 2 atom stereocenters. The molecule has 0 fully saturated rings. The summed E-state index contributed by atoms with van der Waals surface area (Å²) in [5.74, 6) is -0.385. The predicted octanol–water partition coefficient (Wildman–Crippen LogP) is 3.26. The number of Topliss-reactive ketones (excluding diaryl/α,β-unsaturated/α-hetero) is 2. The summed E-state index contributed by atoms with van der Waals surface area (Å²) in [7, 11) is 0. The maximum atomic E-state index is 12.9. The van der Waals surface area contributed by atoms with Crippen molar-refractivity contribution in [3.63, 3.8) is 0 Å². The van der Waals surface area contributed by atoms with Crippen molar-refractivity contribution in [2.45, 2.75) is 111 Å². The molecule has 184 valence electrons. The van der Waals surface area contributed by atoms with E-state index in [1.54, 1.807) is 6.92 Å². The summed E-state index contributed by atoms with van der Waals surface area (Å²) in [4.78, 5) is 48.6. The number of nitrogens with one attached hydrogen (secondary N) is 3. The Labute approximate surface area is 194 Å². The lowest BCUT2D eigenvalue weighted by Gasteiger charge is -2.33. The van der Waals surface area contributed by atoms with Crippen LogP contribution in [0.1, 0.15) is 93.4 Å². The zero-order valence-electron chi connectivity index (χ0n) is 21.2. The molecule has 0 saturated carbocycles. The third-order valence-electron chi connectivity index (χ3n) is 6.44. The summed E-state index contributed by atoms with van der Waals surface area (Å²) in [6.45, 7) is 14.3. The van der Waals surface area contributed by atoms with E-state index in [2.05, 4.69) is 29.8 Å². The predicted molar refractivity (Wildman–Crippen MR) is 130 cm³/mol. The molecule has 0 radical (unpaired) electrons. The van der Waals surface area contributed by atoms with Gasteiger partial charge in [-0.05, 0) is 45.6 Å². The lowest BCUT2D eigenvalue weighted by molar-refractivity contribution is -0.127. The zero-order chi connectivity index (χ0) is 24.8. The van der Waals surface area contributed by atoms with Crippen LogP contribution in [0.15, 0.2) is 12.2 Å². The van der Waals surface area contributed by atoms with E-state index >= 15 is 0 Å². The van der Waals surface area contributed by atoms with Gasteiger partial charge in [0.15, 0.2) is 17.3 Å². The van der Waals surface area contributed by atoms with Crippen LogP contribution in [0.5, 0.6) is 0 Å². The first kappa shape index (κ1) is 30.1. The molecule has 0 bridgehead atoms. The fourth-order valence-corrected chi connectivity index (χ4v) is 3.39. The smallest absolute Gasteiger partial charge is 0.244 e. The van der Waals surface area contributed by atoms with Gasteiger partial charge in [-0.2, -0.15) is 0 Å². The molecule has 0 aromatic carbocycles. The first-order chi connectivity index (χ1) is 15.0. The molecule has 0 aromatic heterocycles. The second-order valence-electron chi connectivity index (χ2n) is 8.75. The minimum absolute atomic E-state index is 0.0187. The standard InChI is InChI=1S/C25H45N3O4/c1-8-19(9-2)28-25(7,12-5)22(31)16-18-27-24(6,11-4)21(30)15-17-26-23(32)14-13-20(29)10-3/h13-14,19,27-28H,8-12,15-18H2,1-7H3,(H,26,32)/b14-13-. The number of amides is 1. The maximum Gasteiger partial charge on any atom is 0.244 e. The number of hydrogen-bond donors (Lipinski definition) is 3. The molecule has 0 spiro atoms. The molecular formula is C25H45N3O4. The van der Waals surface area contributed by atoms with Crippen LogP contribution >= 0.6 is 0 Å². The molecular weight excluding hydrogens is 406 g/mol. The molecule has 1 amide bonds. The summed E-state index contributed by atoms with van der Waals surface area (Å²) in [6.07, 6.45) is 6.54. The monoisotopic (exact) mass is 451 g/mol. The van der Waals surface area contributed by atoms with Gasteiger partial charge in [-0.3, -0.25) is 19.2 Å². The van der Waals surface area contributed by atoms with Gasteiger partial charge < -0.3 is 16.0 Å². The molecule has 7 heteroatoms. The van der Waals surface area contributed by atoms with E-state index in [0.29, 0.717) is 38.3 Å². The van der Waals surface area contributed by atoms with E-state index in [1.807, 2.05) is 27.7 Å². The van der Waals surface area contributed by atoms with Crippen molar-refractivity contribution < 1.29 is 19.2 Å². The highest BCUT2D eigenvalue weighted by Gasteiger charge is 2.34. The van der Waals surface area contributed by atoms with Gasteiger partial charge in [-0.15, -0.1) is 0 Å². The highest BCUT2D eigenvalue weighted by molar-refractivity contribution is 5.97. The summed E-state index contributed by atoms with van der Waals surface area (Å²) in [5.41, 5.74) is -1.33. The van der Waals surface area contributed by atoms with Gasteiger partial charge in [-0.25, -0.2) is 0 Å². The van der Waals surface area contributed by atoms with Crippen molar-refractivity contribution in [3.8, 4) is 0 Å².